The molecule has 1 aromatic carbocycles. The number of carbonyl (C=O) groups is 3. The number of rotatable bonds is 5. The van der Waals surface area contributed by atoms with Gasteiger partial charge in [0, 0.05) is 12.8 Å². The van der Waals surface area contributed by atoms with Crippen molar-refractivity contribution in [2.45, 2.75) is 44.2 Å². The van der Waals surface area contributed by atoms with E-state index in [0.29, 0.717) is 18.4 Å². The molecule has 0 saturated heterocycles. The summed E-state index contributed by atoms with van der Waals surface area (Å²) >= 11 is 0. The Morgan fingerprint density at radius 2 is 1.92 bits per heavy atom. The Morgan fingerprint density at radius 3 is 2.48 bits per heavy atom. The molecule has 2 N–H and O–H groups in total. The highest BCUT2D eigenvalue weighted by atomic mass is 19.1. The van der Waals surface area contributed by atoms with Gasteiger partial charge in [0.15, 0.2) is 0 Å². The van der Waals surface area contributed by atoms with Crippen LogP contribution in [0.25, 0.3) is 0 Å². The van der Waals surface area contributed by atoms with Crippen LogP contribution >= 0.6 is 0 Å². The topological polar surface area (TPSA) is 99.1 Å². The standard InChI is InChI=1S/C17H18FN3O4/c18-12-4-2-11(3-5-12)10-21-14(22)7-6-13(20-21)15(23)19-17(16(24)25)8-1-9-17/h2-5H,1,6-10H2,(H,19,23)(H,24,25). The predicted octanol–water partition coefficient (Wildman–Crippen LogP) is 1.43. The summed E-state index contributed by atoms with van der Waals surface area (Å²) in [7, 11) is 0. The summed E-state index contributed by atoms with van der Waals surface area (Å²) in [5, 5.41) is 17.1. The van der Waals surface area contributed by atoms with E-state index in [2.05, 4.69) is 10.4 Å². The van der Waals surface area contributed by atoms with Crippen molar-refractivity contribution in [1.29, 1.82) is 0 Å². The van der Waals surface area contributed by atoms with Crippen molar-refractivity contribution in [3.05, 3.63) is 35.6 Å². The zero-order chi connectivity index (χ0) is 18.0. The predicted molar refractivity (Wildman–Crippen MR) is 86.0 cm³/mol. The number of amides is 2. The van der Waals surface area contributed by atoms with Crippen LogP contribution in [0.5, 0.6) is 0 Å². The largest absolute Gasteiger partial charge is 0.480 e. The second-order valence-electron chi connectivity index (χ2n) is 6.32. The molecule has 25 heavy (non-hydrogen) atoms. The molecule has 0 spiro atoms. The first-order chi connectivity index (χ1) is 11.9. The van der Waals surface area contributed by atoms with Gasteiger partial charge in [-0.05, 0) is 37.0 Å². The van der Waals surface area contributed by atoms with Crippen LogP contribution in [0.3, 0.4) is 0 Å². The van der Waals surface area contributed by atoms with Gasteiger partial charge in [-0.2, -0.15) is 5.10 Å². The van der Waals surface area contributed by atoms with Gasteiger partial charge in [-0.3, -0.25) is 9.59 Å². The SMILES string of the molecule is O=C(NC1(C(=O)O)CCC1)C1=NN(Cc2ccc(F)cc2)C(=O)CC1. The highest BCUT2D eigenvalue weighted by molar-refractivity contribution is 6.40. The third-order valence-corrected chi connectivity index (χ3v) is 4.58. The fraction of sp³-hybridized carbons (Fsp3) is 0.412. The van der Waals surface area contributed by atoms with E-state index in [4.69, 9.17) is 0 Å². The molecule has 0 bridgehead atoms. The van der Waals surface area contributed by atoms with Crippen molar-refractivity contribution in [3.8, 4) is 0 Å². The fourth-order valence-corrected chi connectivity index (χ4v) is 2.86. The molecular formula is C17H18FN3O4. The van der Waals surface area contributed by atoms with E-state index >= 15 is 0 Å². The molecule has 0 aromatic heterocycles. The summed E-state index contributed by atoms with van der Waals surface area (Å²) in [5.74, 6) is -2.23. The summed E-state index contributed by atoms with van der Waals surface area (Å²) in [6.07, 6.45) is 1.81. The molecule has 7 nitrogen and oxygen atoms in total. The van der Waals surface area contributed by atoms with E-state index in [1.54, 1.807) is 12.1 Å². The van der Waals surface area contributed by atoms with Crippen molar-refractivity contribution < 1.29 is 23.9 Å². The summed E-state index contributed by atoms with van der Waals surface area (Å²) in [6, 6.07) is 5.66. The van der Waals surface area contributed by atoms with Crippen LogP contribution in [0.1, 0.15) is 37.7 Å². The van der Waals surface area contributed by atoms with Crippen LogP contribution < -0.4 is 5.32 Å². The maximum Gasteiger partial charge on any atom is 0.329 e. The maximum absolute atomic E-state index is 13.0. The van der Waals surface area contributed by atoms with E-state index in [1.165, 1.54) is 17.1 Å². The van der Waals surface area contributed by atoms with Gasteiger partial charge in [0.25, 0.3) is 5.91 Å². The number of hydrazone groups is 1. The Balaban J connectivity index is 1.72. The van der Waals surface area contributed by atoms with Crippen molar-refractivity contribution >= 4 is 23.5 Å². The van der Waals surface area contributed by atoms with E-state index in [9.17, 15) is 23.9 Å². The molecule has 0 radical (unpaired) electrons. The molecule has 1 aliphatic heterocycles. The molecule has 0 unspecified atom stereocenters. The number of carboxylic acids is 1. The normalized spacial score (nSPS) is 19.0. The van der Waals surface area contributed by atoms with Crippen LogP contribution in [0, 0.1) is 5.82 Å². The lowest BCUT2D eigenvalue weighted by molar-refractivity contribution is -0.150. The fourth-order valence-electron chi connectivity index (χ4n) is 2.86. The Hall–Kier alpha value is -2.77. The summed E-state index contributed by atoms with van der Waals surface area (Å²) in [5.41, 5.74) is -0.404. The lowest BCUT2D eigenvalue weighted by Gasteiger charge is -2.38. The van der Waals surface area contributed by atoms with E-state index in [-0.39, 0.29) is 36.8 Å². The molecule has 1 aromatic rings. The summed E-state index contributed by atoms with van der Waals surface area (Å²) < 4.78 is 13.0. The van der Waals surface area contributed by atoms with E-state index in [0.717, 1.165) is 6.42 Å². The molecule has 0 atom stereocenters. The number of benzene rings is 1. The molecule has 1 heterocycles. The average molecular weight is 347 g/mol. The molecule has 2 amide bonds. The molecular weight excluding hydrogens is 329 g/mol. The number of nitrogens with zero attached hydrogens (tertiary/aromatic N) is 2. The average Bonchev–Trinajstić information content (AvgIpc) is 2.54. The van der Waals surface area contributed by atoms with Crippen LogP contribution in [0.2, 0.25) is 0 Å². The van der Waals surface area contributed by atoms with Gasteiger partial charge in [0.05, 0.1) is 6.54 Å². The highest BCUT2D eigenvalue weighted by Crippen LogP contribution is 2.32. The second kappa shape index (κ2) is 6.62. The third-order valence-electron chi connectivity index (χ3n) is 4.58. The summed E-state index contributed by atoms with van der Waals surface area (Å²) in [4.78, 5) is 35.7. The minimum absolute atomic E-state index is 0.119. The van der Waals surface area contributed by atoms with Gasteiger partial charge in [0.2, 0.25) is 5.91 Å². The monoisotopic (exact) mass is 347 g/mol. The first-order valence-electron chi connectivity index (χ1n) is 8.08. The number of hydrogen-bond acceptors (Lipinski definition) is 4. The number of carboxylic acid groups (broad SMARTS) is 1. The number of nitrogens with one attached hydrogen (secondary N) is 1. The highest BCUT2D eigenvalue weighted by Gasteiger charge is 2.46. The van der Waals surface area contributed by atoms with Gasteiger partial charge in [0.1, 0.15) is 17.1 Å². The van der Waals surface area contributed by atoms with Crippen molar-refractivity contribution in [2.75, 3.05) is 0 Å². The number of carbonyl (C=O) groups excluding carboxylic acids is 2. The van der Waals surface area contributed by atoms with Crippen LogP contribution in [-0.2, 0) is 20.9 Å². The Bertz CT molecular complexity index is 741. The molecule has 8 heteroatoms. The minimum Gasteiger partial charge on any atom is -0.480 e. The zero-order valence-corrected chi connectivity index (χ0v) is 13.5. The van der Waals surface area contributed by atoms with Crippen LogP contribution in [0.4, 0.5) is 4.39 Å². The van der Waals surface area contributed by atoms with Crippen molar-refractivity contribution in [2.24, 2.45) is 5.10 Å². The molecule has 3 rings (SSSR count). The lowest BCUT2D eigenvalue weighted by atomic mass is 9.76. The van der Waals surface area contributed by atoms with Crippen molar-refractivity contribution in [3.63, 3.8) is 0 Å². The molecule has 132 valence electrons. The number of halogens is 1. The Morgan fingerprint density at radius 1 is 1.24 bits per heavy atom. The molecule has 1 aliphatic carbocycles. The van der Waals surface area contributed by atoms with Crippen LogP contribution in [-0.4, -0.2) is 39.1 Å². The number of hydrogen-bond donors (Lipinski definition) is 2. The Labute approximate surface area is 143 Å². The van der Waals surface area contributed by atoms with Gasteiger partial charge in [-0.25, -0.2) is 14.2 Å². The molecule has 2 aliphatic rings. The maximum atomic E-state index is 13.0. The summed E-state index contributed by atoms with van der Waals surface area (Å²) in [6.45, 7) is 0.125. The lowest BCUT2D eigenvalue weighted by Crippen LogP contribution is -2.60. The van der Waals surface area contributed by atoms with Gasteiger partial charge in [-0.1, -0.05) is 12.1 Å². The third kappa shape index (κ3) is 3.52. The quantitative estimate of drug-likeness (QED) is 0.841. The number of aliphatic carboxylic acids is 1. The zero-order valence-electron chi connectivity index (χ0n) is 13.5. The van der Waals surface area contributed by atoms with Crippen molar-refractivity contribution in [1.82, 2.24) is 10.3 Å². The van der Waals surface area contributed by atoms with Gasteiger partial charge < -0.3 is 10.4 Å². The molecule has 1 fully saturated rings. The first-order valence-corrected chi connectivity index (χ1v) is 8.08. The second-order valence-corrected chi connectivity index (χ2v) is 6.32. The van der Waals surface area contributed by atoms with E-state index < -0.39 is 17.4 Å². The first kappa shape index (κ1) is 17.1. The minimum atomic E-state index is -1.22. The molecule has 1 saturated carbocycles. The van der Waals surface area contributed by atoms with Crippen LogP contribution in [0.15, 0.2) is 29.4 Å². The van der Waals surface area contributed by atoms with E-state index in [1.807, 2.05) is 0 Å². The smallest absolute Gasteiger partial charge is 0.329 e. The Kier molecular flexibility index (Phi) is 4.52. The van der Waals surface area contributed by atoms with Gasteiger partial charge in [-0.15, -0.1) is 0 Å². The van der Waals surface area contributed by atoms with Gasteiger partial charge >= 0.3 is 5.97 Å².